The molecule has 0 saturated heterocycles. The normalized spacial score (nSPS) is 20.6. The molecule has 2 atom stereocenters. The summed E-state index contributed by atoms with van der Waals surface area (Å²) in [5.74, 6) is 2.67. The number of rotatable bonds is 7. The van der Waals surface area contributed by atoms with Crippen molar-refractivity contribution >= 4 is 0 Å². The van der Waals surface area contributed by atoms with E-state index < -0.39 is 0 Å². The van der Waals surface area contributed by atoms with Gasteiger partial charge in [-0.3, -0.25) is 0 Å². The molecule has 0 spiro atoms. The molecular weight excluding hydrogens is 330 g/mol. The Labute approximate surface area is 164 Å². The first kappa shape index (κ1) is 18.6. The first-order valence-corrected chi connectivity index (χ1v) is 10.8. The highest BCUT2D eigenvalue weighted by Crippen LogP contribution is 2.32. The van der Waals surface area contributed by atoms with Gasteiger partial charge in [0.15, 0.2) is 0 Å². The molecule has 0 heterocycles. The number of aryl methyl sites for hydroxylation is 2. The number of nitrogens with two attached hydrogens (primary N) is 1. The van der Waals surface area contributed by atoms with Gasteiger partial charge in [-0.15, -0.1) is 0 Å². The fourth-order valence-corrected chi connectivity index (χ4v) is 4.38. The largest absolute Gasteiger partial charge is 0.493 e. The molecular formula is C25H33NO. The molecule has 2 nitrogen and oxygen atoms in total. The summed E-state index contributed by atoms with van der Waals surface area (Å²) in [4.78, 5) is 0. The second-order valence-corrected chi connectivity index (χ2v) is 8.72. The lowest BCUT2D eigenvalue weighted by Crippen LogP contribution is -2.19. The predicted molar refractivity (Wildman–Crippen MR) is 112 cm³/mol. The van der Waals surface area contributed by atoms with Crippen LogP contribution < -0.4 is 10.5 Å². The Balaban J connectivity index is 1.28. The van der Waals surface area contributed by atoms with E-state index in [1.54, 1.807) is 0 Å². The van der Waals surface area contributed by atoms with Gasteiger partial charge in [0.2, 0.25) is 0 Å². The molecule has 0 aliphatic heterocycles. The van der Waals surface area contributed by atoms with Gasteiger partial charge in [-0.05, 0) is 98.1 Å². The zero-order valence-corrected chi connectivity index (χ0v) is 16.6. The molecule has 2 heteroatoms. The van der Waals surface area contributed by atoms with Gasteiger partial charge in [0.1, 0.15) is 5.75 Å². The van der Waals surface area contributed by atoms with Crippen LogP contribution >= 0.6 is 0 Å². The van der Waals surface area contributed by atoms with E-state index in [1.807, 2.05) is 6.92 Å². The fraction of sp³-hybridized carbons (Fsp3) is 0.520. The molecule has 0 aromatic heterocycles. The van der Waals surface area contributed by atoms with Crippen molar-refractivity contribution in [2.45, 2.75) is 64.3 Å². The summed E-state index contributed by atoms with van der Waals surface area (Å²) in [5.41, 5.74) is 11.7. The topological polar surface area (TPSA) is 35.2 Å². The monoisotopic (exact) mass is 363 g/mol. The molecule has 1 unspecified atom stereocenters. The van der Waals surface area contributed by atoms with Crippen molar-refractivity contribution in [2.75, 3.05) is 6.61 Å². The van der Waals surface area contributed by atoms with Crippen LogP contribution in [0.3, 0.4) is 0 Å². The first-order valence-electron chi connectivity index (χ1n) is 10.8. The molecule has 2 N–H and O–H groups in total. The second kappa shape index (κ2) is 8.48. The van der Waals surface area contributed by atoms with Crippen molar-refractivity contribution in [2.24, 2.45) is 17.6 Å². The van der Waals surface area contributed by atoms with Gasteiger partial charge in [-0.1, -0.05) is 36.8 Å². The summed E-state index contributed by atoms with van der Waals surface area (Å²) in [7, 11) is 0. The van der Waals surface area contributed by atoms with E-state index in [9.17, 15) is 0 Å². The summed E-state index contributed by atoms with van der Waals surface area (Å²) in [6.07, 6.45) is 10.2. The van der Waals surface area contributed by atoms with Crippen LogP contribution in [0, 0.1) is 11.8 Å². The van der Waals surface area contributed by atoms with Gasteiger partial charge >= 0.3 is 0 Å². The number of ether oxygens (including phenoxy) is 1. The van der Waals surface area contributed by atoms with Crippen LogP contribution in [0.2, 0.25) is 0 Å². The highest BCUT2D eigenvalue weighted by molar-refractivity contribution is 5.37. The van der Waals surface area contributed by atoms with Crippen molar-refractivity contribution < 1.29 is 4.74 Å². The molecule has 2 aromatic rings. The minimum atomic E-state index is 0.122. The standard InChI is InChI=1S/C25H33NO/c1-18(26)22-10-7-19(8-11-22)5-6-20-9-12-24-16-25(14-13-23(24)15-20)27-17-21-3-2-4-21/h7-8,10-11,13-14,16,18,20-21H,2-6,9,12,15,17,26H2,1H3/t18-,20?/m0/s1. The van der Waals surface area contributed by atoms with Crippen LogP contribution in [0.15, 0.2) is 42.5 Å². The Morgan fingerprint density at radius 1 is 1.00 bits per heavy atom. The summed E-state index contributed by atoms with van der Waals surface area (Å²) in [6.45, 7) is 2.95. The van der Waals surface area contributed by atoms with Crippen LogP contribution in [0.25, 0.3) is 0 Å². The maximum atomic E-state index is 6.03. The number of fused-ring (bicyclic) bond motifs is 1. The lowest BCUT2D eigenvalue weighted by Gasteiger charge is -2.27. The molecule has 4 rings (SSSR count). The Morgan fingerprint density at radius 2 is 1.81 bits per heavy atom. The highest BCUT2D eigenvalue weighted by Gasteiger charge is 2.20. The number of hydrogen-bond acceptors (Lipinski definition) is 2. The van der Waals surface area contributed by atoms with E-state index in [0.717, 1.165) is 24.2 Å². The van der Waals surface area contributed by atoms with Crippen molar-refractivity contribution in [3.63, 3.8) is 0 Å². The van der Waals surface area contributed by atoms with E-state index >= 15 is 0 Å². The van der Waals surface area contributed by atoms with Crippen molar-refractivity contribution in [1.82, 2.24) is 0 Å². The lowest BCUT2D eigenvalue weighted by molar-refractivity contribution is 0.180. The van der Waals surface area contributed by atoms with E-state index in [2.05, 4.69) is 42.5 Å². The second-order valence-electron chi connectivity index (χ2n) is 8.72. The molecule has 27 heavy (non-hydrogen) atoms. The van der Waals surface area contributed by atoms with E-state index in [4.69, 9.17) is 10.5 Å². The van der Waals surface area contributed by atoms with Crippen LogP contribution in [0.4, 0.5) is 0 Å². The smallest absolute Gasteiger partial charge is 0.119 e. The van der Waals surface area contributed by atoms with E-state index in [-0.39, 0.29) is 6.04 Å². The average molecular weight is 364 g/mol. The van der Waals surface area contributed by atoms with Crippen molar-refractivity contribution in [3.05, 3.63) is 64.7 Å². The van der Waals surface area contributed by atoms with Crippen LogP contribution in [0.1, 0.15) is 67.3 Å². The maximum Gasteiger partial charge on any atom is 0.119 e. The molecule has 1 fully saturated rings. The molecule has 2 aliphatic carbocycles. The van der Waals surface area contributed by atoms with E-state index in [1.165, 1.54) is 73.6 Å². The molecule has 2 aromatic carbocycles. The summed E-state index contributed by atoms with van der Waals surface area (Å²) in [5, 5.41) is 0. The van der Waals surface area contributed by atoms with Gasteiger partial charge in [-0.25, -0.2) is 0 Å². The Kier molecular flexibility index (Phi) is 5.83. The Morgan fingerprint density at radius 3 is 2.52 bits per heavy atom. The third-order valence-corrected chi connectivity index (χ3v) is 6.57. The third kappa shape index (κ3) is 4.73. The van der Waals surface area contributed by atoms with Gasteiger partial charge < -0.3 is 10.5 Å². The zero-order chi connectivity index (χ0) is 18.6. The fourth-order valence-electron chi connectivity index (χ4n) is 4.38. The highest BCUT2D eigenvalue weighted by atomic mass is 16.5. The zero-order valence-electron chi connectivity index (χ0n) is 16.6. The van der Waals surface area contributed by atoms with Gasteiger partial charge in [-0.2, -0.15) is 0 Å². The van der Waals surface area contributed by atoms with E-state index in [0.29, 0.717) is 0 Å². The minimum absolute atomic E-state index is 0.122. The minimum Gasteiger partial charge on any atom is -0.493 e. The molecule has 144 valence electrons. The van der Waals surface area contributed by atoms with Crippen molar-refractivity contribution in [1.29, 1.82) is 0 Å². The number of hydrogen-bond donors (Lipinski definition) is 1. The molecule has 0 radical (unpaired) electrons. The Bertz CT molecular complexity index is 745. The third-order valence-electron chi connectivity index (χ3n) is 6.57. The quantitative estimate of drug-likeness (QED) is 0.692. The van der Waals surface area contributed by atoms with Crippen molar-refractivity contribution in [3.8, 4) is 5.75 Å². The summed E-state index contributed by atoms with van der Waals surface area (Å²) >= 11 is 0. The summed E-state index contributed by atoms with van der Waals surface area (Å²) in [6, 6.07) is 15.8. The van der Waals surface area contributed by atoms with Crippen LogP contribution in [-0.2, 0) is 19.3 Å². The Hall–Kier alpha value is -1.80. The lowest BCUT2D eigenvalue weighted by atomic mass is 9.81. The van der Waals surface area contributed by atoms with Crippen LogP contribution in [0.5, 0.6) is 5.75 Å². The molecule has 1 saturated carbocycles. The molecule has 0 bridgehead atoms. The molecule has 0 amide bonds. The predicted octanol–water partition coefficient (Wildman–Crippen LogP) is 5.62. The van der Waals surface area contributed by atoms with Crippen LogP contribution in [-0.4, -0.2) is 6.61 Å². The maximum absolute atomic E-state index is 6.03. The molecule has 2 aliphatic rings. The number of benzene rings is 2. The van der Waals surface area contributed by atoms with Gasteiger partial charge in [0, 0.05) is 6.04 Å². The van der Waals surface area contributed by atoms with Gasteiger partial charge in [0.25, 0.3) is 0 Å². The average Bonchev–Trinajstić information content (AvgIpc) is 2.65. The first-order chi connectivity index (χ1) is 13.2. The van der Waals surface area contributed by atoms with Gasteiger partial charge in [0.05, 0.1) is 6.61 Å². The summed E-state index contributed by atoms with van der Waals surface area (Å²) < 4.78 is 6.03. The SMILES string of the molecule is C[C@H](N)c1ccc(CCC2CCc3cc(OCC4CCC4)ccc3C2)cc1.